The lowest BCUT2D eigenvalue weighted by Crippen LogP contribution is -2.52. The SMILES string of the molecule is O=C(NCCCn1ccnc1)c1cnc(N(Cc2ccc(F)cc2)C(=O)CN2CCN3CCCC3C2)s1. The van der Waals surface area contributed by atoms with Gasteiger partial charge in [0.2, 0.25) is 5.91 Å². The van der Waals surface area contributed by atoms with E-state index in [9.17, 15) is 14.0 Å². The zero-order valence-corrected chi connectivity index (χ0v) is 21.6. The number of halogens is 1. The van der Waals surface area contributed by atoms with Crippen LogP contribution in [-0.2, 0) is 17.9 Å². The summed E-state index contributed by atoms with van der Waals surface area (Å²) in [5.74, 6) is -0.601. The number of rotatable bonds is 10. The monoisotopic (exact) mass is 525 g/mol. The lowest BCUT2D eigenvalue weighted by molar-refractivity contribution is -0.120. The number of amides is 2. The highest BCUT2D eigenvalue weighted by Gasteiger charge is 2.32. The molecule has 2 fully saturated rings. The molecule has 1 N–H and O–H groups in total. The summed E-state index contributed by atoms with van der Waals surface area (Å²) in [7, 11) is 0. The molecule has 3 aromatic rings. The van der Waals surface area contributed by atoms with E-state index in [1.165, 1.54) is 42.5 Å². The first-order valence-electron chi connectivity index (χ1n) is 12.8. The first-order valence-corrected chi connectivity index (χ1v) is 13.6. The van der Waals surface area contributed by atoms with Gasteiger partial charge in [0, 0.05) is 51.2 Å². The number of nitrogens with zero attached hydrogens (tertiary/aromatic N) is 6. The van der Waals surface area contributed by atoms with Crippen LogP contribution in [0.4, 0.5) is 9.52 Å². The molecule has 0 radical (unpaired) electrons. The molecule has 0 saturated carbocycles. The molecule has 1 atom stereocenters. The van der Waals surface area contributed by atoms with Crippen molar-refractivity contribution in [1.29, 1.82) is 0 Å². The van der Waals surface area contributed by atoms with E-state index in [4.69, 9.17) is 0 Å². The van der Waals surface area contributed by atoms with E-state index < -0.39 is 0 Å². The molecular formula is C26H32FN7O2S. The van der Waals surface area contributed by atoms with E-state index in [-0.39, 0.29) is 24.2 Å². The highest BCUT2D eigenvalue weighted by atomic mass is 32.1. The molecule has 0 spiro atoms. The first kappa shape index (κ1) is 25.5. The second-order valence-electron chi connectivity index (χ2n) is 9.59. The molecule has 2 amide bonds. The van der Waals surface area contributed by atoms with E-state index in [1.807, 2.05) is 10.8 Å². The van der Waals surface area contributed by atoms with Crippen LogP contribution in [0.1, 0.15) is 34.5 Å². The Balaban J connectivity index is 1.23. The van der Waals surface area contributed by atoms with E-state index in [2.05, 4.69) is 25.1 Å². The number of anilines is 1. The summed E-state index contributed by atoms with van der Waals surface area (Å²) < 4.78 is 15.4. The molecule has 37 heavy (non-hydrogen) atoms. The molecule has 2 aromatic heterocycles. The Morgan fingerprint density at radius 2 is 2.05 bits per heavy atom. The summed E-state index contributed by atoms with van der Waals surface area (Å²) in [6, 6.07) is 6.66. The van der Waals surface area contributed by atoms with Gasteiger partial charge in [0.15, 0.2) is 5.13 Å². The molecule has 2 saturated heterocycles. The minimum Gasteiger partial charge on any atom is -0.351 e. The van der Waals surface area contributed by atoms with Gasteiger partial charge in [-0.25, -0.2) is 14.4 Å². The Hall–Kier alpha value is -3.15. The zero-order chi connectivity index (χ0) is 25.6. The van der Waals surface area contributed by atoms with Crippen molar-refractivity contribution in [3.63, 3.8) is 0 Å². The molecule has 9 nitrogen and oxygen atoms in total. The Bertz CT molecular complexity index is 1180. The predicted octanol–water partition coefficient (Wildman–Crippen LogP) is 2.61. The van der Waals surface area contributed by atoms with Crippen molar-refractivity contribution >= 4 is 28.3 Å². The van der Waals surface area contributed by atoms with Crippen LogP contribution >= 0.6 is 11.3 Å². The third kappa shape index (κ3) is 6.60. The number of hydrogen-bond acceptors (Lipinski definition) is 7. The Kier molecular flexibility index (Phi) is 8.22. The van der Waals surface area contributed by atoms with Gasteiger partial charge in [0.25, 0.3) is 5.91 Å². The van der Waals surface area contributed by atoms with Crippen LogP contribution in [0.25, 0.3) is 0 Å². The number of nitrogens with one attached hydrogen (secondary N) is 1. The second-order valence-corrected chi connectivity index (χ2v) is 10.6. The van der Waals surface area contributed by atoms with Crippen LogP contribution in [0.3, 0.4) is 0 Å². The maximum atomic E-state index is 13.5. The average molecular weight is 526 g/mol. The Morgan fingerprint density at radius 1 is 1.19 bits per heavy atom. The lowest BCUT2D eigenvalue weighted by Gasteiger charge is -2.37. The van der Waals surface area contributed by atoms with Crippen molar-refractivity contribution in [3.8, 4) is 0 Å². The van der Waals surface area contributed by atoms with E-state index in [1.54, 1.807) is 29.6 Å². The number of carbonyl (C=O) groups is 2. The van der Waals surface area contributed by atoms with Crippen molar-refractivity contribution in [2.24, 2.45) is 0 Å². The molecule has 0 bridgehead atoms. The Labute approximate surface area is 219 Å². The molecular weight excluding hydrogens is 493 g/mol. The smallest absolute Gasteiger partial charge is 0.263 e. The number of benzene rings is 1. The fourth-order valence-corrected chi connectivity index (χ4v) is 5.82. The first-order chi connectivity index (χ1) is 18.0. The van der Waals surface area contributed by atoms with Gasteiger partial charge in [-0.2, -0.15) is 0 Å². The largest absolute Gasteiger partial charge is 0.351 e. The van der Waals surface area contributed by atoms with Crippen LogP contribution in [-0.4, -0.2) is 81.5 Å². The van der Waals surface area contributed by atoms with Crippen molar-refractivity contribution in [1.82, 2.24) is 29.7 Å². The second kappa shape index (κ2) is 11.9. The van der Waals surface area contributed by atoms with Crippen molar-refractivity contribution < 1.29 is 14.0 Å². The van der Waals surface area contributed by atoms with Crippen LogP contribution in [0.2, 0.25) is 0 Å². The van der Waals surface area contributed by atoms with Crippen LogP contribution in [0.5, 0.6) is 0 Å². The van der Waals surface area contributed by atoms with Gasteiger partial charge in [0.05, 0.1) is 25.6 Å². The molecule has 5 rings (SSSR count). The van der Waals surface area contributed by atoms with Crippen LogP contribution < -0.4 is 10.2 Å². The summed E-state index contributed by atoms with van der Waals surface area (Å²) in [5.41, 5.74) is 0.802. The zero-order valence-electron chi connectivity index (χ0n) is 20.8. The van der Waals surface area contributed by atoms with Crippen LogP contribution in [0, 0.1) is 5.82 Å². The molecule has 2 aliphatic heterocycles. The number of hydrogen-bond donors (Lipinski definition) is 1. The average Bonchev–Trinajstić information content (AvgIpc) is 3.68. The minimum absolute atomic E-state index is 0.0718. The summed E-state index contributed by atoms with van der Waals surface area (Å²) >= 11 is 1.20. The van der Waals surface area contributed by atoms with Crippen molar-refractivity contribution in [3.05, 3.63) is 65.4 Å². The minimum atomic E-state index is -0.322. The van der Waals surface area contributed by atoms with Gasteiger partial charge >= 0.3 is 0 Å². The summed E-state index contributed by atoms with van der Waals surface area (Å²) in [6.07, 6.45) is 10.1. The summed E-state index contributed by atoms with van der Waals surface area (Å²) in [6.45, 7) is 5.73. The molecule has 0 aliphatic carbocycles. The molecule has 11 heteroatoms. The maximum Gasteiger partial charge on any atom is 0.263 e. The highest BCUT2D eigenvalue weighted by Crippen LogP contribution is 2.26. The van der Waals surface area contributed by atoms with E-state index >= 15 is 0 Å². The van der Waals surface area contributed by atoms with Gasteiger partial charge in [-0.1, -0.05) is 23.5 Å². The van der Waals surface area contributed by atoms with E-state index in [0.29, 0.717) is 29.1 Å². The highest BCUT2D eigenvalue weighted by molar-refractivity contribution is 7.17. The van der Waals surface area contributed by atoms with E-state index in [0.717, 1.165) is 44.7 Å². The number of aromatic nitrogens is 3. The summed E-state index contributed by atoms with van der Waals surface area (Å²) in [5, 5.41) is 3.40. The number of piperazine rings is 1. The number of carbonyl (C=O) groups excluding carboxylic acids is 2. The number of imidazole rings is 1. The molecule has 196 valence electrons. The fraction of sp³-hybridized carbons (Fsp3) is 0.462. The van der Waals surface area contributed by atoms with Gasteiger partial charge < -0.3 is 9.88 Å². The predicted molar refractivity (Wildman–Crippen MR) is 140 cm³/mol. The van der Waals surface area contributed by atoms with Gasteiger partial charge in [-0.15, -0.1) is 0 Å². The Morgan fingerprint density at radius 3 is 2.86 bits per heavy atom. The summed E-state index contributed by atoms with van der Waals surface area (Å²) in [4.78, 5) is 41.5. The quantitative estimate of drug-likeness (QED) is 0.410. The molecule has 1 unspecified atom stereocenters. The number of fused-ring (bicyclic) bond motifs is 1. The number of aryl methyl sites for hydroxylation is 1. The standard InChI is InChI=1S/C26H32FN7O2S/c27-21-6-4-20(5-7-21)16-34(24(35)18-32-13-14-33-11-1-3-22(33)17-32)26-30-15-23(37-26)25(36)29-8-2-10-31-12-9-28-19-31/h4-7,9,12,15,19,22H,1-3,8,10-11,13-14,16-18H2,(H,29,36). The van der Waals surface area contributed by atoms with Gasteiger partial charge in [-0.05, 0) is 43.5 Å². The van der Waals surface area contributed by atoms with Gasteiger partial charge in [-0.3, -0.25) is 24.3 Å². The van der Waals surface area contributed by atoms with Crippen molar-refractivity contribution in [2.45, 2.75) is 38.4 Å². The molecule has 1 aromatic carbocycles. The maximum absolute atomic E-state index is 13.5. The third-order valence-electron chi connectivity index (χ3n) is 6.97. The number of thiazole rings is 1. The van der Waals surface area contributed by atoms with Crippen LogP contribution in [0.15, 0.2) is 49.2 Å². The van der Waals surface area contributed by atoms with Gasteiger partial charge in [0.1, 0.15) is 10.7 Å². The fourth-order valence-electron chi connectivity index (χ4n) is 4.97. The third-order valence-corrected chi connectivity index (χ3v) is 7.99. The topological polar surface area (TPSA) is 86.6 Å². The molecule has 4 heterocycles. The van der Waals surface area contributed by atoms with Crippen molar-refractivity contribution in [2.75, 3.05) is 44.2 Å². The normalized spacial score (nSPS) is 18.0. The molecule has 2 aliphatic rings. The lowest BCUT2D eigenvalue weighted by atomic mass is 10.1.